The first-order chi connectivity index (χ1) is 31.0. The van der Waals surface area contributed by atoms with E-state index in [0.717, 1.165) is 46.0 Å². The molecule has 65 heavy (non-hydrogen) atoms. The Morgan fingerprint density at radius 3 is 1.35 bits per heavy atom. The molecule has 10 unspecified atom stereocenters. The summed E-state index contributed by atoms with van der Waals surface area (Å²) in [6.07, 6.45) is 1.89. The lowest BCUT2D eigenvalue weighted by molar-refractivity contribution is -0.147. The van der Waals surface area contributed by atoms with Gasteiger partial charge < -0.3 is 39.9 Å². The van der Waals surface area contributed by atoms with E-state index >= 15 is 0 Å². The van der Waals surface area contributed by atoms with Crippen LogP contribution in [0.25, 0.3) is 21.8 Å². The molecule has 4 fully saturated rings. The van der Waals surface area contributed by atoms with E-state index in [4.69, 9.17) is 9.47 Å². The monoisotopic (exact) mass is 891 g/mol. The zero-order chi connectivity index (χ0) is 46.4. The van der Waals surface area contributed by atoms with Crippen molar-refractivity contribution in [2.24, 2.45) is 47.3 Å². The van der Waals surface area contributed by atoms with Gasteiger partial charge in [-0.3, -0.25) is 24.5 Å². The molecule has 4 amide bonds. The van der Waals surface area contributed by atoms with Gasteiger partial charge in [0, 0.05) is 58.1 Å². The third-order valence-corrected chi connectivity index (χ3v) is 14.9. The third-order valence-electron chi connectivity index (χ3n) is 14.9. The fourth-order valence-electron chi connectivity index (χ4n) is 12.1. The molecule has 4 bridgehead atoms. The van der Waals surface area contributed by atoms with Crippen LogP contribution in [0.15, 0.2) is 36.4 Å². The number of aryl methyl sites for hydroxylation is 4. The Hall–Kier alpha value is -5.54. The molecular formula is C50H65N7O8. The zero-order valence-electron chi connectivity index (χ0n) is 39.0. The van der Waals surface area contributed by atoms with Gasteiger partial charge in [-0.15, -0.1) is 0 Å². The van der Waals surface area contributed by atoms with Gasteiger partial charge in [0.1, 0.15) is 12.2 Å². The number of hydrogen-bond donors (Lipinski definition) is 5. The van der Waals surface area contributed by atoms with E-state index in [2.05, 4.69) is 25.9 Å². The molecule has 4 aromatic rings. The van der Waals surface area contributed by atoms with Crippen LogP contribution in [0, 0.1) is 75.0 Å². The minimum atomic E-state index is -0.964. The van der Waals surface area contributed by atoms with E-state index in [1.54, 1.807) is 0 Å². The highest BCUT2D eigenvalue weighted by molar-refractivity contribution is 6.08. The van der Waals surface area contributed by atoms with Gasteiger partial charge in [0.2, 0.25) is 23.6 Å². The smallest absolute Gasteiger partial charge is 0.340 e. The summed E-state index contributed by atoms with van der Waals surface area (Å²) in [5, 5.41) is 10.4. The Kier molecular flexibility index (Phi) is 13.3. The number of ether oxygens (including phenoxy) is 2. The second kappa shape index (κ2) is 18.7. The molecule has 2 aromatic heterocycles. The number of nitrogens with one attached hydrogen (secondary N) is 5. The summed E-state index contributed by atoms with van der Waals surface area (Å²) >= 11 is 0. The molecule has 5 N–H and O–H groups in total. The Morgan fingerprint density at radius 1 is 0.569 bits per heavy atom. The van der Waals surface area contributed by atoms with Crippen molar-refractivity contribution in [3.05, 3.63) is 70.0 Å². The molecule has 2 aromatic carbocycles. The number of esters is 2. The van der Waals surface area contributed by atoms with Crippen molar-refractivity contribution in [1.29, 1.82) is 0 Å². The molecule has 4 aliphatic rings. The van der Waals surface area contributed by atoms with Crippen molar-refractivity contribution in [2.45, 2.75) is 78.4 Å². The van der Waals surface area contributed by atoms with E-state index in [0.29, 0.717) is 74.1 Å². The lowest BCUT2D eigenvalue weighted by Gasteiger charge is -2.36. The van der Waals surface area contributed by atoms with Crippen molar-refractivity contribution in [1.82, 2.24) is 35.7 Å². The van der Waals surface area contributed by atoms with Gasteiger partial charge in [0.25, 0.3) is 0 Å². The molecule has 15 heteroatoms. The standard InChI is InChI=1S/C50H65N7O8/c1-25-13-9-15-33-37(25)39(27(3)53-33)49(62)64-35-23-29-21-31(35)43(41(29)45(58)51-17-11-19-56(5)6)47(60)55-48(61)44-32-22-30(42(44)46(59)52-18-12-20-57(7)8)24-36(32)65-50(63)40-28(4)54-34-16-10-14-26(2)38(34)40/h9-10,13-16,29-32,35-36,41-44,53-54H,11-12,17-24H2,1-8H3,(H,51,58)(H,52,59)(H,55,60,61). The minimum absolute atomic E-state index is 0.258. The highest BCUT2D eigenvalue weighted by Crippen LogP contribution is 2.56. The topological polar surface area (TPSA) is 195 Å². The fraction of sp³-hybridized carbons (Fsp3) is 0.560. The summed E-state index contributed by atoms with van der Waals surface area (Å²) in [5.74, 6) is -7.74. The van der Waals surface area contributed by atoms with Gasteiger partial charge in [-0.1, -0.05) is 24.3 Å². The van der Waals surface area contributed by atoms with Gasteiger partial charge in [-0.2, -0.15) is 0 Å². The number of rotatable bonds is 16. The molecule has 4 aliphatic carbocycles. The summed E-state index contributed by atoms with van der Waals surface area (Å²) in [6.45, 7) is 9.92. The lowest BCUT2D eigenvalue weighted by atomic mass is 9.75. The molecule has 15 nitrogen and oxygen atoms in total. The highest BCUT2D eigenvalue weighted by Gasteiger charge is 2.62. The average Bonchev–Trinajstić information content (AvgIpc) is 4.10. The molecule has 348 valence electrons. The van der Waals surface area contributed by atoms with Gasteiger partial charge >= 0.3 is 11.9 Å². The van der Waals surface area contributed by atoms with Crippen molar-refractivity contribution >= 4 is 57.4 Å². The van der Waals surface area contributed by atoms with Gasteiger partial charge in [0.15, 0.2) is 0 Å². The predicted molar refractivity (Wildman–Crippen MR) is 246 cm³/mol. The van der Waals surface area contributed by atoms with Gasteiger partial charge in [0.05, 0.1) is 34.8 Å². The fourth-order valence-corrected chi connectivity index (χ4v) is 12.1. The second-order valence-electron chi connectivity index (χ2n) is 19.8. The Morgan fingerprint density at radius 2 is 0.969 bits per heavy atom. The van der Waals surface area contributed by atoms with Gasteiger partial charge in [-0.05, 0) is 143 Å². The number of amides is 4. The number of hydrogen-bond acceptors (Lipinski definition) is 10. The van der Waals surface area contributed by atoms with Crippen LogP contribution in [0.5, 0.6) is 0 Å². The van der Waals surface area contributed by atoms with E-state index in [-0.39, 0.29) is 23.7 Å². The SMILES string of the molecule is Cc1[nH]c2cccc(C)c2c1C(=O)OC1CC2CC1C(C(=O)NC(=O)C1C3CC(CC3OC(=O)c3c(C)[nH]c4cccc(C)c34)C1C(=O)NCCCN(C)C)C2C(=O)NCCCN(C)C. The summed E-state index contributed by atoms with van der Waals surface area (Å²) in [6, 6.07) is 11.6. The Labute approximate surface area is 380 Å². The van der Waals surface area contributed by atoms with Crippen LogP contribution >= 0.6 is 0 Å². The Bertz CT molecular complexity index is 2340. The van der Waals surface area contributed by atoms with Crippen LogP contribution in [-0.4, -0.2) is 122 Å². The number of benzene rings is 2. The quantitative estimate of drug-likeness (QED) is 0.0584. The van der Waals surface area contributed by atoms with Crippen LogP contribution in [0.2, 0.25) is 0 Å². The third kappa shape index (κ3) is 8.93. The molecule has 2 heterocycles. The van der Waals surface area contributed by atoms with Crippen molar-refractivity contribution in [2.75, 3.05) is 54.4 Å². The van der Waals surface area contributed by atoms with Crippen LogP contribution < -0.4 is 16.0 Å². The van der Waals surface area contributed by atoms with Gasteiger partial charge in [-0.25, -0.2) is 9.59 Å². The molecule has 10 atom stereocenters. The molecular weight excluding hydrogens is 827 g/mol. The first kappa shape index (κ1) is 46.0. The summed E-state index contributed by atoms with van der Waals surface area (Å²) < 4.78 is 12.6. The molecule has 0 saturated heterocycles. The van der Waals surface area contributed by atoms with Crippen molar-refractivity contribution < 1.29 is 38.2 Å². The number of H-pyrrole nitrogens is 2. The van der Waals surface area contributed by atoms with Crippen molar-refractivity contribution in [3.63, 3.8) is 0 Å². The first-order valence-corrected chi connectivity index (χ1v) is 23.3. The summed E-state index contributed by atoms with van der Waals surface area (Å²) in [4.78, 5) is 96.4. The zero-order valence-corrected chi connectivity index (χ0v) is 39.0. The second-order valence-corrected chi connectivity index (χ2v) is 19.8. The van der Waals surface area contributed by atoms with E-state index in [9.17, 15) is 28.8 Å². The van der Waals surface area contributed by atoms with E-state index < -0.39 is 71.5 Å². The molecule has 0 aliphatic heterocycles. The largest absolute Gasteiger partial charge is 0.458 e. The number of imide groups is 1. The average molecular weight is 892 g/mol. The predicted octanol–water partition coefficient (Wildman–Crippen LogP) is 4.96. The number of carbonyl (C=O) groups excluding carboxylic acids is 6. The first-order valence-electron chi connectivity index (χ1n) is 23.3. The Balaban J connectivity index is 1.04. The van der Waals surface area contributed by atoms with E-state index in [1.165, 1.54) is 0 Å². The minimum Gasteiger partial charge on any atom is -0.458 e. The molecule has 0 spiro atoms. The highest BCUT2D eigenvalue weighted by atomic mass is 16.5. The number of aromatic amines is 2. The molecule has 4 saturated carbocycles. The number of aromatic nitrogens is 2. The van der Waals surface area contributed by atoms with Crippen LogP contribution in [-0.2, 0) is 28.7 Å². The summed E-state index contributed by atoms with van der Waals surface area (Å²) in [5.41, 5.74) is 5.74. The summed E-state index contributed by atoms with van der Waals surface area (Å²) in [7, 11) is 7.85. The molecule has 0 radical (unpaired) electrons. The number of nitrogens with zero attached hydrogens (tertiary/aromatic N) is 2. The normalized spacial score (nSPS) is 26.6. The van der Waals surface area contributed by atoms with Crippen LogP contribution in [0.3, 0.4) is 0 Å². The van der Waals surface area contributed by atoms with Crippen molar-refractivity contribution in [3.8, 4) is 0 Å². The van der Waals surface area contributed by atoms with Crippen LogP contribution in [0.4, 0.5) is 0 Å². The molecule has 8 rings (SSSR count). The lowest BCUT2D eigenvalue weighted by Crippen LogP contribution is -2.53. The van der Waals surface area contributed by atoms with E-state index in [1.807, 2.05) is 102 Å². The maximum atomic E-state index is 14.8. The number of carbonyl (C=O) groups is 6. The van der Waals surface area contributed by atoms with Crippen LogP contribution in [0.1, 0.15) is 81.8 Å². The maximum Gasteiger partial charge on any atom is 0.340 e. The maximum absolute atomic E-state index is 14.8. The number of fused-ring (bicyclic) bond motifs is 6.